The monoisotopic (exact) mass is 801 g/mol. The van der Waals surface area contributed by atoms with E-state index in [1.54, 1.807) is 0 Å². The van der Waals surface area contributed by atoms with Gasteiger partial charge in [-0.1, -0.05) is 159 Å². The number of aliphatic hydroxyl groups is 1. The number of allylic oxidation sites excluding steroid dienone is 7. The third-order valence-corrected chi connectivity index (χ3v) is 10.0. The summed E-state index contributed by atoms with van der Waals surface area (Å²) in [5.41, 5.74) is 0. The fourth-order valence-corrected chi connectivity index (χ4v) is 6.46. The van der Waals surface area contributed by atoms with Gasteiger partial charge in [-0.15, -0.1) is 0 Å². The maximum Gasteiger partial charge on any atom is 0.328 e. The van der Waals surface area contributed by atoms with Crippen LogP contribution in [-0.2, 0) is 23.9 Å². The number of carboxylic acid groups (broad SMARTS) is 1. The predicted octanol–water partition coefficient (Wildman–Crippen LogP) is 11.5. The number of aliphatic carboxylic acids is 1. The summed E-state index contributed by atoms with van der Waals surface area (Å²) >= 11 is 0. The van der Waals surface area contributed by atoms with Gasteiger partial charge in [0.05, 0.1) is 13.2 Å². The quantitative estimate of drug-likeness (QED) is 0.0274. The Morgan fingerprint density at radius 3 is 1.53 bits per heavy atom. The first kappa shape index (κ1) is 53.8. The van der Waals surface area contributed by atoms with Gasteiger partial charge in [0.25, 0.3) is 0 Å². The van der Waals surface area contributed by atoms with Crippen molar-refractivity contribution in [2.75, 3.05) is 13.2 Å². The SMILES string of the molecule is CCCCCC/C=C\C/C=C\C(CCCCCCC(=O)NCC(=O)NC(CO)C(=O)O)OC(=O)CCCCCCCCCCC/C=C\C/C=C\CCCCCCC. The Morgan fingerprint density at radius 2 is 1.00 bits per heavy atom. The van der Waals surface area contributed by atoms with Gasteiger partial charge in [-0.05, 0) is 83.1 Å². The van der Waals surface area contributed by atoms with Crippen LogP contribution in [0.5, 0.6) is 0 Å². The molecule has 0 aliphatic heterocycles. The number of hydrogen-bond acceptors (Lipinski definition) is 6. The maximum atomic E-state index is 12.8. The fourth-order valence-electron chi connectivity index (χ4n) is 6.46. The van der Waals surface area contributed by atoms with Gasteiger partial charge < -0.3 is 25.6 Å². The summed E-state index contributed by atoms with van der Waals surface area (Å²) in [5, 5.41) is 22.6. The molecule has 0 rings (SSSR count). The fraction of sp³-hybridized carbons (Fsp3) is 0.750. The molecule has 0 aliphatic carbocycles. The van der Waals surface area contributed by atoms with Crippen LogP contribution in [0.1, 0.15) is 206 Å². The number of esters is 1. The molecule has 328 valence electrons. The number of amides is 2. The summed E-state index contributed by atoms with van der Waals surface area (Å²) < 4.78 is 5.90. The Hall–Kier alpha value is -3.20. The zero-order valence-corrected chi connectivity index (χ0v) is 36.3. The zero-order chi connectivity index (χ0) is 41.9. The molecule has 0 spiro atoms. The smallest absolute Gasteiger partial charge is 0.328 e. The molecule has 9 nitrogen and oxygen atoms in total. The average molecular weight is 801 g/mol. The highest BCUT2D eigenvalue weighted by Gasteiger charge is 2.18. The number of rotatable bonds is 41. The van der Waals surface area contributed by atoms with E-state index < -0.39 is 24.5 Å². The predicted molar refractivity (Wildman–Crippen MR) is 236 cm³/mol. The molecular formula is C48H84N2O7. The number of carboxylic acids is 1. The van der Waals surface area contributed by atoms with Crippen molar-refractivity contribution < 1.29 is 34.1 Å². The summed E-state index contributed by atoms with van der Waals surface area (Å²) in [6.07, 6.45) is 50.2. The molecule has 0 bridgehead atoms. The van der Waals surface area contributed by atoms with Gasteiger partial charge in [-0.25, -0.2) is 4.79 Å². The van der Waals surface area contributed by atoms with E-state index in [1.807, 2.05) is 6.08 Å². The van der Waals surface area contributed by atoms with Crippen LogP contribution < -0.4 is 10.6 Å². The van der Waals surface area contributed by atoms with E-state index in [1.165, 1.54) is 109 Å². The second kappa shape index (κ2) is 42.4. The first-order chi connectivity index (χ1) is 27.8. The van der Waals surface area contributed by atoms with Crippen molar-refractivity contribution in [3.05, 3.63) is 48.6 Å². The lowest BCUT2D eigenvalue weighted by Crippen LogP contribution is -2.47. The molecule has 2 unspecified atom stereocenters. The molecule has 2 atom stereocenters. The Labute approximate surface area is 348 Å². The summed E-state index contributed by atoms with van der Waals surface area (Å²) in [5.74, 6) is -2.42. The van der Waals surface area contributed by atoms with E-state index in [0.29, 0.717) is 12.8 Å². The highest BCUT2D eigenvalue weighted by molar-refractivity contribution is 5.87. The van der Waals surface area contributed by atoms with E-state index in [2.05, 4.69) is 67.0 Å². The second-order valence-electron chi connectivity index (χ2n) is 15.5. The molecule has 4 N–H and O–H groups in total. The molecule has 2 amide bonds. The van der Waals surface area contributed by atoms with Gasteiger partial charge in [-0.3, -0.25) is 14.4 Å². The molecule has 0 aliphatic rings. The Balaban J connectivity index is 4.24. The lowest BCUT2D eigenvalue weighted by atomic mass is 10.1. The third kappa shape index (κ3) is 39.4. The van der Waals surface area contributed by atoms with Crippen LogP contribution in [0.15, 0.2) is 48.6 Å². The first-order valence-corrected chi connectivity index (χ1v) is 23.0. The van der Waals surface area contributed by atoms with Crippen molar-refractivity contribution in [3.63, 3.8) is 0 Å². The summed E-state index contributed by atoms with van der Waals surface area (Å²) in [7, 11) is 0. The van der Waals surface area contributed by atoms with Gasteiger partial charge in [0, 0.05) is 12.8 Å². The molecular weight excluding hydrogens is 717 g/mol. The molecule has 0 aromatic heterocycles. The van der Waals surface area contributed by atoms with Crippen molar-refractivity contribution in [2.45, 2.75) is 219 Å². The standard InChI is InChI=1S/C48H84N2O7/c1-3-5-7-9-11-13-14-15-16-17-18-19-20-21-22-23-24-26-28-30-36-40-47(54)57-43(37-33-29-27-25-12-10-8-6-4-2)38-34-31-32-35-39-45(52)49-41-46(53)50-44(42-51)48(55)56/h14-15,17-18,25,27,33,37,43-44,51H,3-13,16,19-24,26,28-32,34-36,38-42H2,1-2H3,(H,49,52)(H,50,53)(H,55,56)/b15-14-,18-17-,27-25-,37-33-. The summed E-state index contributed by atoms with van der Waals surface area (Å²) in [6.45, 7) is 3.42. The number of carbonyl (C=O) groups is 4. The number of aliphatic hydroxyl groups excluding tert-OH is 1. The minimum absolute atomic E-state index is 0.131. The van der Waals surface area contributed by atoms with Crippen LogP contribution in [0.3, 0.4) is 0 Å². The van der Waals surface area contributed by atoms with E-state index in [-0.39, 0.29) is 30.9 Å². The second-order valence-corrected chi connectivity index (χ2v) is 15.5. The number of unbranched alkanes of at least 4 members (excludes halogenated alkanes) is 21. The Kier molecular flexibility index (Phi) is 40.0. The highest BCUT2D eigenvalue weighted by atomic mass is 16.5. The highest BCUT2D eigenvalue weighted by Crippen LogP contribution is 2.15. The minimum Gasteiger partial charge on any atom is -0.480 e. The molecule has 0 saturated heterocycles. The molecule has 57 heavy (non-hydrogen) atoms. The number of carbonyl (C=O) groups excluding carboxylic acids is 3. The van der Waals surface area contributed by atoms with E-state index in [4.69, 9.17) is 14.9 Å². The maximum absolute atomic E-state index is 12.8. The van der Waals surface area contributed by atoms with Crippen LogP contribution in [0.2, 0.25) is 0 Å². The first-order valence-electron chi connectivity index (χ1n) is 23.0. The van der Waals surface area contributed by atoms with Crippen molar-refractivity contribution in [1.29, 1.82) is 0 Å². The van der Waals surface area contributed by atoms with Gasteiger partial charge in [0.15, 0.2) is 0 Å². The van der Waals surface area contributed by atoms with Crippen molar-refractivity contribution >= 4 is 23.8 Å². The van der Waals surface area contributed by atoms with E-state index in [9.17, 15) is 19.2 Å². The third-order valence-electron chi connectivity index (χ3n) is 10.0. The van der Waals surface area contributed by atoms with Crippen LogP contribution >= 0.6 is 0 Å². The van der Waals surface area contributed by atoms with Crippen LogP contribution in [0, 0.1) is 0 Å². The molecule has 9 heteroatoms. The summed E-state index contributed by atoms with van der Waals surface area (Å²) in [4.78, 5) is 47.6. The largest absolute Gasteiger partial charge is 0.480 e. The molecule has 0 fully saturated rings. The zero-order valence-electron chi connectivity index (χ0n) is 36.3. The molecule has 0 radical (unpaired) electrons. The lowest BCUT2D eigenvalue weighted by molar-refractivity contribution is -0.147. The molecule has 0 heterocycles. The van der Waals surface area contributed by atoms with Gasteiger partial charge in [-0.2, -0.15) is 0 Å². The van der Waals surface area contributed by atoms with Crippen LogP contribution in [0.25, 0.3) is 0 Å². The molecule has 0 aromatic carbocycles. The molecule has 0 saturated carbocycles. The number of ether oxygens (including phenoxy) is 1. The van der Waals surface area contributed by atoms with E-state index >= 15 is 0 Å². The normalized spacial score (nSPS) is 12.9. The van der Waals surface area contributed by atoms with Crippen LogP contribution in [0.4, 0.5) is 0 Å². The Morgan fingerprint density at radius 1 is 0.544 bits per heavy atom. The molecule has 0 aromatic rings. The van der Waals surface area contributed by atoms with Crippen LogP contribution in [-0.4, -0.2) is 59.3 Å². The average Bonchev–Trinajstić information content (AvgIpc) is 3.20. The lowest BCUT2D eigenvalue weighted by Gasteiger charge is -2.15. The topological polar surface area (TPSA) is 142 Å². The number of nitrogens with one attached hydrogen (secondary N) is 2. The van der Waals surface area contributed by atoms with Gasteiger partial charge >= 0.3 is 11.9 Å². The van der Waals surface area contributed by atoms with Crippen molar-refractivity contribution in [2.24, 2.45) is 0 Å². The van der Waals surface area contributed by atoms with E-state index in [0.717, 1.165) is 64.2 Å². The van der Waals surface area contributed by atoms with Gasteiger partial charge in [0.2, 0.25) is 11.8 Å². The van der Waals surface area contributed by atoms with Gasteiger partial charge in [0.1, 0.15) is 12.1 Å². The number of hydrogen-bond donors (Lipinski definition) is 4. The Bertz CT molecular complexity index is 1100. The minimum atomic E-state index is -1.39. The summed E-state index contributed by atoms with van der Waals surface area (Å²) in [6, 6.07) is -1.39. The van der Waals surface area contributed by atoms with Crippen molar-refractivity contribution in [1.82, 2.24) is 10.6 Å². The van der Waals surface area contributed by atoms with Crippen molar-refractivity contribution in [3.8, 4) is 0 Å².